The van der Waals surface area contributed by atoms with Crippen LogP contribution < -0.4 is 5.73 Å². The molecular weight excluding hydrogens is 228 g/mol. The van der Waals surface area contributed by atoms with Crippen molar-refractivity contribution in [3.63, 3.8) is 0 Å². The Balaban J connectivity index is 2.03. The molecule has 0 saturated heterocycles. The zero-order chi connectivity index (χ0) is 12.3. The molecule has 3 heteroatoms. The van der Waals surface area contributed by atoms with Crippen LogP contribution in [0.1, 0.15) is 42.0 Å². The van der Waals surface area contributed by atoms with Gasteiger partial charge in [-0.15, -0.1) is 11.3 Å². The second-order valence-corrected chi connectivity index (χ2v) is 6.40. The highest BCUT2D eigenvalue weighted by Crippen LogP contribution is 2.32. The summed E-state index contributed by atoms with van der Waals surface area (Å²) in [6, 6.07) is 4.89. The van der Waals surface area contributed by atoms with Crippen LogP contribution in [0.25, 0.3) is 0 Å². The van der Waals surface area contributed by atoms with E-state index in [9.17, 15) is 0 Å². The molecule has 1 saturated carbocycles. The molecule has 1 aromatic rings. The van der Waals surface area contributed by atoms with Crippen LogP contribution in [0.15, 0.2) is 12.1 Å². The monoisotopic (exact) mass is 252 g/mol. The Morgan fingerprint density at radius 2 is 2.24 bits per heavy atom. The van der Waals surface area contributed by atoms with Crippen molar-refractivity contribution < 1.29 is 0 Å². The van der Waals surface area contributed by atoms with Crippen molar-refractivity contribution in [1.29, 1.82) is 0 Å². The molecule has 1 aromatic heterocycles. The Labute approximate surface area is 109 Å². The van der Waals surface area contributed by atoms with E-state index < -0.39 is 0 Å². The molecule has 1 unspecified atom stereocenters. The molecule has 0 bridgehead atoms. The van der Waals surface area contributed by atoms with Crippen LogP contribution in [-0.4, -0.2) is 24.5 Å². The van der Waals surface area contributed by atoms with Crippen LogP contribution in [0.4, 0.5) is 0 Å². The average Bonchev–Trinajstić information content (AvgIpc) is 2.68. The van der Waals surface area contributed by atoms with Gasteiger partial charge in [0.25, 0.3) is 0 Å². The molecule has 0 spiro atoms. The summed E-state index contributed by atoms with van der Waals surface area (Å²) < 4.78 is 0. The van der Waals surface area contributed by atoms with Crippen molar-refractivity contribution in [2.24, 2.45) is 11.7 Å². The van der Waals surface area contributed by atoms with Gasteiger partial charge in [0, 0.05) is 22.8 Å². The Hall–Kier alpha value is -0.380. The fourth-order valence-electron chi connectivity index (χ4n) is 2.56. The predicted octanol–water partition coefficient (Wildman–Crippen LogP) is 3.18. The lowest BCUT2D eigenvalue weighted by Crippen LogP contribution is -2.38. The molecular formula is C14H24N2S. The summed E-state index contributed by atoms with van der Waals surface area (Å²) in [5.74, 6) is 0.921. The van der Waals surface area contributed by atoms with Crippen LogP contribution in [-0.2, 0) is 0 Å². The molecule has 0 aromatic carbocycles. The van der Waals surface area contributed by atoms with Gasteiger partial charge in [-0.3, -0.25) is 4.90 Å². The highest BCUT2D eigenvalue weighted by Gasteiger charge is 2.25. The van der Waals surface area contributed by atoms with E-state index in [1.807, 2.05) is 11.3 Å². The van der Waals surface area contributed by atoms with Gasteiger partial charge in [-0.25, -0.2) is 0 Å². The van der Waals surface area contributed by atoms with E-state index >= 15 is 0 Å². The maximum atomic E-state index is 5.99. The van der Waals surface area contributed by atoms with Crippen LogP contribution in [0.3, 0.4) is 0 Å². The molecule has 0 amide bonds. The van der Waals surface area contributed by atoms with Crippen molar-refractivity contribution in [1.82, 2.24) is 4.90 Å². The highest BCUT2D eigenvalue weighted by atomic mass is 32.1. The Kier molecular flexibility index (Phi) is 4.60. The first kappa shape index (κ1) is 13.1. The van der Waals surface area contributed by atoms with Gasteiger partial charge in [-0.05, 0) is 44.4 Å². The molecule has 1 fully saturated rings. The molecule has 96 valence electrons. The quantitative estimate of drug-likeness (QED) is 0.842. The van der Waals surface area contributed by atoms with Crippen LogP contribution in [0.2, 0.25) is 0 Å². The number of nitrogens with zero attached hydrogens (tertiary/aromatic N) is 1. The first-order valence-corrected chi connectivity index (χ1v) is 7.56. The lowest BCUT2D eigenvalue weighted by molar-refractivity contribution is 0.143. The fraction of sp³-hybridized carbons (Fsp3) is 0.714. The second kappa shape index (κ2) is 5.98. The van der Waals surface area contributed by atoms with Crippen molar-refractivity contribution in [3.05, 3.63) is 21.9 Å². The van der Waals surface area contributed by atoms with Gasteiger partial charge in [0.2, 0.25) is 0 Å². The van der Waals surface area contributed by atoms with Crippen LogP contribution in [0, 0.1) is 12.8 Å². The average molecular weight is 252 g/mol. The van der Waals surface area contributed by atoms with E-state index in [1.54, 1.807) is 0 Å². The van der Waals surface area contributed by atoms with E-state index in [2.05, 4.69) is 30.9 Å². The maximum absolute atomic E-state index is 5.99. The van der Waals surface area contributed by atoms with E-state index in [-0.39, 0.29) is 0 Å². The lowest BCUT2D eigenvalue weighted by Gasteiger charge is -2.36. The van der Waals surface area contributed by atoms with Gasteiger partial charge in [-0.1, -0.05) is 13.3 Å². The molecule has 17 heavy (non-hydrogen) atoms. The highest BCUT2D eigenvalue weighted by molar-refractivity contribution is 7.12. The van der Waals surface area contributed by atoms with Crippen molar-refractivity contribution in [2.75, 3.05) is 19.6 Å². The van der Waals surface area contributed by atoms with Gasteiger partial charge < -0.3 is 5.73 Å². The van der Waals surface area contributed by atoms with E-state index in [0.717, 1.165) is 19.0 Å². The first-order valence-electron chi connectivity index (χ1n) is 6.75. The van der Waals surface area contributed by atoms with Crippen LogP contribution >= 0.6 is 11.3 Å². The van der Waals surface area contributed by atoms with Crippen LogP contribution in [0.5, 0.6) is 0 Å². The Morgan fingerprint density at radius 3 is 2.65 bits per heavy atom. The minimum atomic E-state index is 0.430. The predicted molar refractivity (Wildman–Crippen MR) is 75.4 cm³/mol. The number of hydrogen-bond acceptors (Lipinski definition) is 3. The van der Waals surface area contributed by atoms with Gasteiger partial charge in [0.05, 0.1) is 6.04 Å². The molecule has 2 N–H and O–H groups in total. The van der Waals surface area contributed by atoms with Gasteiger partial charge >= 0.3 is 0 Å². The topological polar surface area (TPSA) is 29.3 Å². The summed E-state index contributed by atoms with van der Waals surface area (Å²) in [7, 11) is 0. The van der Waals surface area contributed by atoms with Gasteiger partial charge in [0.1, 0.15) is 0 Å². The second-order valence-electron chi connectivity index (χ2n) is 5.08. The summed E-state index contributed by atoms with van der Waals surface area (Å²) in [5.41, 5.74) is 5.99. The summed E-state index contributed by atoms with van der Waals surface area (Å²) in [6.07, 6.45) is 4.25. The van der Waals surface area contributed by atoms with Crippen molar-refractivity contribution in [2.45, 2.75) is 39.2 Å². The standard InChI is InChI=1S/C14H24N2S/c1-3-16(10-12-5-4-6-12)13(9-15)14-8-7-11(2)17-14/h7-8,12-13H,3-6,9-10,15H2,1-2H3. The maximum Gasteiger partial charge on any atom is 0.0564 e. The van der Waals surface area contributed by atoms with Crippen molar-refractivity contribution >= 4 is 11.3 Å². The van der Waals surface area contributed by atoms with E-state index in [1.165, 1.54) is 35.6 Å². The number of nitrogens with two attached hydrogens (primary N) is 1. The van der Waals surface area contributed by atoms with E-state index in [4.69, 9.17) is 5.73 Å². The number of aryl methyl sites for hydroxylation is 1. The smallest absolute Gasteiger partial charge is 0.0564 e. The fourth-order valence-corrected chi connectivity index (χ4v) is 3.59. The normalized spacial score (nSPS) is 18.4. The summed E-state index contributed by atoms with van der Waals surface area (Å²) in [6.45, 7) is 7.50. The van der Waals surface area contributed by atoms with Gasteiger partial charge in [-0.2, -0.15) is 0 Å². The number of thiophene rings is 1. The Bertz CT molecular complexity index is 344. The minimum Gasteiger partial charge on any atom is -0.329 e. The summed E-state index contributed by atoms with van der Waals surface area (Å²) in [4.78, 5) is 5.39. The zero-order valence-corrected chi connectivity index (χ0v) is 11.8. The zero-order valence-electron chi connectivity index (χ0n) is 11.0. The first-order chi connectivity index (χ1) is 8.24. The Morgan fingerprint density at radius 1 is 1.47 bits per heavy atom. The lowest BCUT2D eigenvalue weighted by atomic mass is 9.85. The number of hydrogen-bond donors (Lipinski definition) is 1. The molecule has 1 heterocycles. The molecule has 1 aliphatic rings. The molecule has 2 rings (SSSR count). The molecule has 1 aliphatic carbocycles. The largest absolute Gasteiger partial charge is 0.329 e. The third-order valence-corrected chi connectivity index (χ3v) is 4.98. The van der Waals surface area contributed by atoms with E-state index in [0.29, 0.717) is 6.04 Å². The summed E-state index contributed by atoms with van der Waals surface area (Å²) in [5, 5.41) is 0. The molecule has 0 aliphatic heterocycles. The summed E-state index contributed by atoms with van der Waals surface area (Å²) >= 11 is 1.90. The molecule has 0 radical (unpaired) electrons. The minimum absolute atomic E-state index is 0.430. The molecule has 2 nitrogen and oxygen atoms in total. The number of rotatable bonds is 6. The SMILES string of the molecule is CCN(CC1CCC1)C(CN)c1ccc(C)s1. The third kappa shape index (κ3) is 3.09. The number of likely N-dealkylation sites (N-methyl/N-ethyl adjacent to an activating group) is 1. The third-order valence-electron chi connectivity index (χ3n) is 3.88. The van der Waals surface area contributed by atoms with Crippen molar-refractivity contribution in [3.8, 4) is 0 Å². The molecule has 1 atom stereocenters. The van der Waals surface area contributed by atoms with Gasteiger partial charge in [0.15, 0.2) is 0 Å².